The van der Waals surface area contributed by atoms with Crippen LogP contribution in [0.5, 0.6) is 0 Å². The normalized spacial score (nSPS) is 21.4. The van der Waals surface area contributed by atoms with Gasteiger partial charge in [0, 0.05) is 51.9 Å². The van der Waals surface area contributed by atoms with Gasteiger partial charge in [-0.05, 0) is 24.8 Å². The molecule has 0 aromatic heterocycles. The zero-order valence-corrected chi connectivity index (χ0v) is 15.1. The molecule has 0 radical (unpaired) electrons. The summed E-state index contributed by atoms with van der Waals surface area (Å²) in [5.74, 6) is 0.230. The van der Waals surface area contributed by atoms with Crippen LogP contribution in [-0.4, -0.2) is 68.7 Å². The molecule has 26 heavy (non-hydrogen) atoms. The number of carbonyl (C=O) groups excluding carboxylic acids is 1. The standard InChI is InChI=1S/C18H26N4O4/c1-19-18(23)16-11-15(22(24)25)4-5-17(16)21-6-2-3-14(13-21)12-20-7-9-26-10-8-20/h4-5,11,14H,2-3,6-10,12-13H2,1H3,(H,19,23). The molecule has 142 valence electrons. The highest BCUT2D eigenvalue weighted by Gasteiger charge is 2.26. The van der Waals surface area contributed by atoms with Gasteiger partial charge in [-0.15, -0.1) is 0 Å². The SMILES string of the molecule is CNC(=O)c1cc([N+](=O)[O-])ccc1N1CCCC(CN2CCOCC2)C1. The van der Waals surface area contributed by atoms with Gasteiger partial charge in [-0.25, -0.2) is 0 Å². The predicted octanol–water partition coefficient (Wildman–Crippen LogP) is 1.50. The summed E-state index contributed by atoms with van der Waals surface area (Å²) in [6, 6.07) is 4.56. The minimum atomic E-state index is -0.465. The molecule has 1 aromatic rings. The predicted molar refractivity (Wildman–Crippen MR) is 98.7 cm³/mol. The minimum absolute atomic E-state index is 0.0609. The number of carbonyl (C=O) groups is 1. The molecule has 2 saturated heterocycles. The zero-order chi connectivity index (χ0) is 18.5. The molecule has 1 amide bonds. The number of piperidine rings is 1. The van der Waals surface area contributed by atoms with Crippen LogP contribution in [0, 0.1) is 16.0 Å². The maximum Gasteiger partial charge on any atom is 0.270 e. The molecule has 2 heterocycles. The van der Waals surface area contributed by atoms with Crippen LogP contribution in [0.1, 0.15) is 23.2 Å². The summed E-state index contributed by atoms with van der Waals surface area (Å²) in [5, 5.41) is 13.7. The van der Waals surface area contributed by atoms with E-state index in [1.54, 1.807) is 13.1 Å². The van der Waals surface area contributed by atoms with E-state index in [1.165, 1.54) is 12.1 Å². The highest BCUT2D eigenvalue weighted by Crippen LogP contribution is 2.30. The van der Waals surface area contributed by atoms with Crippen molar-refractivity contribution in [3.05, 3.63) is 33.9 Å². The number of amides is 1. The molecule has 0 aliphatic carbocycles. The number of anilines is 1. The number of ether oxygens (including phenoxy) is 1. The molecule has 8 nitrogen and oxygen atoms in total. The van der Waals surface area contributed by atoms with E-state index in [4.69, 9.17) is 4.74 Å². The van der Waals surface area contributed by atoms with Crippen molar-refractivity contribution >= 4 is 17.3 Å². The van der Waals surface area contributed by atoms with E-state index in [9.17, 15) is 14.9 Å². The third-order valence-electron chi connectivity index (χ3n) is 5.14. The number of nitro groups is 1. The maximum absolute atomic E-state index is 12.3. The monoisotopic (exact) mass is 362 g/mol. The number of morpholine rings is 1. The molecule has 2 aliphatic heterocycles. The number of nitro benzene ring substituents is 1. The summed E-state index contributed by atoms with van der Waals surface area (Å²) in [6.07, 6.45) is 2.22. The van der Waals surface area contributed by atoms with Crippen LogP contribution in [-0.2, 0) is 4.74 Å². The van der Waals surface area contributed by atoms with Gasteiger partial charge in [-0.1, -0.05) is 0 Å². The Kier molecular flexibility index (Phi) is 6.05. The molecule has 2 fully saturated rings. The topological polar surface area (TPSA) is 87.9 Å². The smallest absolute Gasteiger partial charge is 0.270 e. The summed E-state index contributed by atoms with van der Waals surface area (Å²) in [4.78, 5) is 27.5. The number of rotatable bonds is 5. The van der Waals surface area contributed by atoms with E-state index < -0.39 is 4.92 Å². The average Bonchev–Trinajstić information content (AvgIpc) is 2.68. The molecule has 3 rings (SSSR count). The Balaban J connectivity index is 1.76. The van der Waals surface area contributed by atoms with Crippen LogP contribution >= 0.6 is 0 Å². The summed E-state index contributed by atoms with van der Waals surface area (Å²) in [7, 11) is 1.54. The average molecular weight is 362 g/mol. The fraction of sp³-hybridized carbons (Fsp3) is 0.611. The Morgan fingerprint density at radius 1 is 1.35 bits per heavy atom. The quantitative estimate of drug-likeness (QED) is 0.631. The minimum Gasteiger partial charge on any atom is -0.379 e. The molecule has 1 unspecified atom stereocenters. The lowest BCUT2D eigenvalue weighted by molar-refractivity contribution is -0.384. The van der Waals surface area contributed by atoms with Crippen molar-refractivity contribution in [2.45, 2.75) is 12.8 Å². The first-order chi connectivity index (χ1) is 12.6. The first-order valence-corrected chi connectivity index (χ1v) is 9.14. The first-order valence-electron chi connectivity index (χ1n) is 9.14. The van der Waals surface area contributed by atoms with Crippen LogP contribution < -0.4 is 10.2 Å². The Hall–Kier alpha value is -2.19. The van der Waals surface area contributed by atoms with Crippen LogP contribution in [0.15, 0.2) is 18.2 Å². The van der Waals surface area contributed by atoms with Gasteiger partial charge in [0.1, 0.15) is 0 Å². The van der Waals surface area contributed by atoms with E-state index in [2.05, 4.69) is 15.1 Å². The lowest BCUT2D eigenvalue weighted by Crippen LogP contribution is -2.45. The largest absolute Gasteiger partial charge is 0.379 e. The lowest BCUT2D eigenvalue weighted by atomic mass is 9.95. The molecule has 1 N–H and O–H groups in total. The van der Waals surface area contributed by atoms with Crippen LogP contribution in [0.3, 0.4) is 0 Å². The fourth-order valence-electron chi connectivity index (χ4n) is 3.81. The zero-order valence-electron chi connectivity index (χ0n) is 15.1. The number of non-ortho nitro benzene ring substituents is 1. The van der Waals surface area contributed by atoms with Gasteiger partial charge in [-0.2, -0.15) is 0 Å². The molecule has 1 aromatic carbocycles. The van der Waals surface area contributed by atoms with E-state index in [1.807, 2.05) is 0 Å². The van der Waals surface area contributed by atoms with Crippen LogP contribution in [0.2, 0.25) is 0 Å². The van der Waals surface area contributed by atoms with E-state index in [0.717, 1.165) is 64.5 Å². The third-order valence-corrected chi connectivity index (χ3v) is 5.14. The van der Waals surface area contributed by atoms with Crippen molar-refractivity contribution in [2.75, 3.05) is 57.9 Å². The van der Waals surface area contributed by atoms with Crippen molar-refractivity contribution in [2.24, 2.45) is 5.92 Å². The second kappa shape index (κ2) is 8.46. The number of nitrogens with one attached hydrogen (secondary N) is 1. The van der Waals surface area contributed by atoms with E-state index >= 15 is 0 Å². The van der Waals surface area contributed by atoms with Gasteiger partial charge in [0.15, 0.2) is 0 Å². The number of nitrogens with zero attached hydrogens (tertiary/aromatic N) is 3. The van der Waals surface area contributed by atoms with E-state index in [0.29, 0.717) is 11.5 Å². The van der Waals surface area contributed by atoms with Crippen molar-refractivity contribution in [1.29, 1.82) is 0 Å². The molecule has 2 aliphatic rings. The summed E-state index contributed by atoms with van der Waals surface area (Å²) in [6.45, 7) is 6.27. The van der Waals surface area contributed by atoms with Crippen LogP contribution in [0.4, 0.5) is 11.4 Å². The number of hydrogen-bond donors (Lipinski definition) is 1. The Bertz CT molecular complexity index is 661. The first kappa shape index (κ1) is 18.6. The number of hydrogen-bond acceptors (Lipinski definition) is 6. The molecule has 0 saturated carbocycles. The summed E-state index contributed by atoms with van der Waals surface area (Å²) in [5.41, 5.74) is 1.09. The Labute approximate surface area is 153 Å². The van der Waals surface area contributed by atoms with Crippen molar-refractivity contribution < 1.29 is 14.5 Å². The molecule has 1 atom stereocenters. The third kappa shape index (κ3) is 4.31. The van der Waals surface area contributed by atoms with Crippen molar-refractivity contribution in [3.8, 4) is 0 Å². The van der Waals surface area contributed by atoms with Crippen molar-refractivity contribution in [3.63, 3.8) is 0 Å². The highest BCUT2D eigenvalue weighted by molar-refractivity contribution is 6.00. The fourth-order valence-corrected chi connectivity index (χ4v) is 3.81. The van der Waals surface area contributed by atoms with Gasteiger partial charge in [0.05, 0.1) is 29.4 Å². The maximum atomic E-state index is 12.3. The van der Waals surface area contributed by atoms with Gasteiger partial charge in [0.25, 0.3) is 11.6 Å². The molecular weight excluding hydrogens is 336 g/mol. The lowest BCUT2D eigenvalue weighted by Gasteiger charge is -2.38. The summed E-state index contributed by atoms with van der Waals surface area (Å²) < 4.78 is 5.41. The van der Waals surface area contributed by atoms with Gasteiger partial charge in [0.2, 0.25) is 0 Å². The summed E-state index contributed by atoms with van der Waals surface area (Å²) >= 11 is 0. The molecule has 0 spiro atoms. The van der Waals surface area contributed by atoms with Crippen molar-refractivity contribution in [1.82, 2.24) is 10.2 Å². The second-order valence-electron chi connectivity index (χ2n) is 6.90. The highest BCUT2D eigenvalue weighted by atomic mass is 16.6. The Morgan fingerprint density at radius 3 is 2.81 bits per heavy atom. The number of benzene rings is 1. The molecule has 0 bridgehead atoms. The molecular formula is C18H26N4O4. The van der Waals surface area contributed by atoms with Crippen LogP contribution in [0.25, 0.3) is 0 Å². The van der Waals surface area contributed by atoms with Gasteiger partial charge < -0.3 is 15.0 Å². The Morgan fingerprint density at radius 2 is 2.12 bits per heavy atom. The second-order valence-corrected chi connectivity index (χ2v) is 6.90. The molecule has 8 heteroatoms. The van der Waals surface area contributed by atoms with Gasteiger partial charge >= 0.3 is 0 Å². The van der Waals surface area contributed by atoms with Gasteiger partial charge in [-0.3, -0.25) is 19.8 Å². The van der Waals surface area contributed by atoms with E-state index in [-0.39, 0.29) is 11.6 Å².